The van der Waals surface area contributed by atoms with Crippen LogP contribution in [0.5, 0.6) is 0 Å². The average Bonchev–Trinajstić information content (AvgIpc) is 2.58. The molecule has 134 valence electrons. The summed E-state index contributed by atoms with van der Waals surface area (Å²) in [6.07, 6.45) is 2.29. The van der Waals surface area contributed by atoms with Gasteiger partial charge in [-0.1, -0.05) is 53.5 Å². The summed E-state index contributed by atoms with van der Waals surface area (Å²) in [6.45, 7) is 3.37. The normalized spacial score (nSPS) is 15.4. The molecule has 0 radical (unpaired) electrons. The third-order valence-corrected chi connectivity index (χ3v) is 4.78. The van der Waals surface area contributed by atoms with Crippen molar-refractivity contribution in [2.75, 3.05) is 13.1 Å². The summed E-state index contributed by atoms with van der Waals surface area (Å²) in [5.74, 6) is 0. The highest BCUT2D eigenvalue weighted by Crippen LogP contribution is 2.22. The molecule has 0 atom stereocenters. The summed E-state index contributed by atoms with van der Waals surface area (Å²) < 4.78 is 0. The van der Waals surface area contributed by atoms with Crippen LogP contribution in [-0.4, -0.2) is 29.3 Å². The molecule has 1 heterocycles. The van der Waals surface area contributed by atoms with Crippen molar-refractivity contribution in [3.05, 3.63) is 69.7 Å². The van der Waals surface area contributed by atoms with E-state index in [1.807, 2.05) is 0 Å². The lowest BCUT2D eigenvalue weighted by molar-refractivity contribution is 0.108. The Hall–Kier alpha value is -1.10. The second kappa shape index (κ2) is 10.1. The van der Waals surface area contributed by atoms with E-state index in [0.29, 0.717) is 11.1 Å². The Kier molecular flexibility index (Phi) is 8.20. The van der Waals surface area contributed by atoms with E-state index in [1.165, 1.54) is 17.7 Å². The molecule has 0 unspecified atom stereocenters. The lowest BCUT2D eigenvalue weighted by Crippen LogP contribution is -2.39. The molecule has 2 aromatic rings. The molecular formula is C19H21Cl3N2O. The van der Waals surface area contributed by atoms with Crippen molar-refractivity contribution in [1.82, 2.24) is 4.90 Å². The van der Waals surface area contributed by atoms with E-state index in [4.69, 9.17) is 40.5 Å². The van der Waals surface area contributed by atoms with Gasteiger partial charge in [-0.25, -0.2) is 0 Å². The van der Waals surface area contributed by atoms with Crippen molar-refractivity contribution in [3.8, 4) is 0 Å². The van der Waals surface area contributed by atoms with Gasteiger partial charge in [0.15, 0.2) is 0 Å². The first kappa shape index (κ1) is 20.2. The van der Waals surface area contributed by atoms with E-state index in [0.717, 1.165) is 32.5 Å². The molecule has 25 heavy (non-hydrogen) atoms. The van der Waals surface area contributed by atoms with Crippen LogP contribution in [0, 0.1) is 0 Å². The Balaban J connectivity index is 0.000000186. The zero-order valence-electron chi connectivity index (χ0n) is 13.8. The fourth-order valence-corrected chi connectivity index (χ4v) is 3.31. The minimum absolute atomic E-state index is 0.275. The molecular weight excluding hydrogens is 379 g/mol. The predicted octanol–water partition coefficient (Wildman–Crippen LogP) is 4.98. The molecule has 1 aliphatic rings. The number of hydrogen-bond acceptors (Lipinski definition) is 3. The molecule has 0 bridgehead atoms. The molecule has 0 spiro atoms. The molecule has 6 heteroatoms. The first-order chi connectivity index (χ1) is 12.0. The molecule has 1 fully saturated rings. The molecule has 3 nitrogen and oxygen atoms in total. The number of halogens is 3. The van der Waals surface area contributed by atoms with Gasteiger partial charge in [-0.3, -0.25) is 9.69 Å². The zero-order chi connectivity index (χ0) is 18.2. The molecule has 1 aliphatic heterocycles. The van der Waals surface area contributed by atoms with E-state index in [-0.39, 0.29) is 10.6 Å². The van der Waals surface area contributed by atoms with Crippen LogP contribution in [0.2, 0.25) is 10.0 Å². The topological polar surface area (TPSA) is 46.3 Å². The molecule has 2 N–H and O–H groups in total. The monoisotopic (exact) mass is 398 g/mol. The fourth-order valence-electron chi connectivity index (χ4n) is 2.60. The van der Waals surface area contributed by atoms with Gasteiger partial charge in [-0.2, -0.15) is 0 Å². The summed E-state index contributed by atoms with van der Waals surface area (Å²) in [5, 5.41) is 0.181. The first-order valence-corrected chi connectivity index (χ1v) is 9.26. The van der Waals surface area contributed by atoms with E-state index >= 15 is 0 Å². The number of piperidine rings is 1. The molecule has 0 aliphatic carbocycles. The minimum Gasteiger partial charge on any atom is -0.328 e. The second-order valence-electron chi connectivity index (χ2n) is 6.00. The summed E-state index contributed by atoms with van der Waals surface area (Å²) in [4.78, 5) is 13.1. The number of nitrogens with two attached hydrogens (primary N) is 1. The van der Waals surface area contributed by atoms with Gasteiger partial charge in [0, 0.05) is 17.6 Å². The van der Waals surface area contributed by atoms with Gasteiger partial charge in [-0.05, 0) is 61.3 Å². The predicted molar refractivity (Wildman–Crippen MR) is 106 cm³/mol. The molecule has 1 saturated heterocycles. The van der Waals surface area contributed by atoms with E-state index in [9.17, 15) is 4.79 Å². The lowest BCUT2D eigenvalue weighted by Gasteiger charge is -2.29. The highest BCUT2D eigenvalue weighted by atomic mass is 35.5. The number of carbonyl (C=O) groups is 1. The third kappa shape index (κ3) is 6.96. The Morgan fingerprint density at radius 2 is 1.72 bits per heavy atom. The molecule has 0 aromatic heterocycles. The highest BCUT2D eigenvalue weighted by molar-refractivity contribution is 6.68. The van der Waals surface area contributed by atoms with Crippen LogP contribution in [0.1, 0.15) is 28.8 Å². The van der Waals surface area contributed by atoms with Crippen molar-refractivity contribution in [3.63, 3.8) is 0 Å². The molecule has 0 saturated carbocycles. The van der Waals surface area contributed by atoms with Crippen LogP contribution in [0.4, 0.5) is 0 Å². The first-order valence-electron chi connectivity index (χ1n) is 8.12. The number of hydrogen-bond donors (Lipinski definition) is 1. The Morgan fingerprint density at radius 1 is 1.08 bits per heavy atom. The number of benzene rings is 2. The Bertz CT molecular complexity index is 686. The Labute approximate surface area is 163 Å². The maximum atomic E-state index is 10.6. The number of carbonyl (C=O) groups excluding carboxylic acids is 1. The van der Waals surface area contributed by atoms with Crippen molar-refractivity contribution in [2.45, 2.75) is 25.4 Å². The van der Waals surface area contributed by atoms with E-state index in [2.05, 4.69) is 35.2 Å². The van der Waals surface area contributed by atoms with Gasteiger partial charge in [-0.15, -0.1) is 0 Å². The highest BCUT2D eigenvalue weighted by Gasteiger charge is 2.15. The number of nitrogens with zero attached hydrogens (tertiary/aromatic N) is 1. The third-order valence-electron chi connectivity index (χ3n) is 4.02. The van der Waals surface area contributed by atoms with Gasteiger partial charge in [0.2, 0.25) is 0 Å². The Morgan fingerprint density at radius 3 is 2.28 bits per heavy atom. The van der Waals surface area contributed by atoms with Gasteiger partial charge in [0.25, 0.3) is 5.24 Å². The van der Waals surface area contributed by atoms with E-state index in [1.54, 1.807) is 6.07 Å². The van der Waals surface area contributed by atoms with Crippen molar-refractivity contribution >= 4 is 40.0 Å². The second-order valence-corrected chi connectivity index (χ2v) is 7.18. The van der Waals surface area contributed by atoms with Crippen LogP contribution >= 0.6 is 34.8 Å². The minimum atomic E-state index is -0.577. The van der Waals surface area contributed by atoms with Gasteiger partial charge < -0.3 is 5.73 Å². The van der Waals surface area contributed by atoms with Crippen LogP contribution in [0.15, 0.2) is 48.5 Å². The van der Waals surface area contributed by atoms with Gasteiger partial charge in [0.1, 0.15) is 0 Å². The van der Waals surface area contributed by atoms with Gasteiger partial charge in [0.05, 0.1) is 10.6 Å². The number of likely N-dealkylation sites (tertiary alicyclic amines) is 1. The van der Waals surface area contributed by atoms with Crippen LogP contribution < -0.4 is 5.73 Å². The van der Waals surface area contributed by atoms with E-state index < -0.39 is 5.24 Å². The number of rotatable bonds is 3. The van der Waals surface area contributed by atoms with Gasteiger partial charge >= 0.3 is 0 Å². The SMILES string of the molecule is NC1CCN(Cc2ccccc2)CC1.O=C(Cl)c1ccc(Cl)cc1Cl. The van der Waals surface area contributed by atoms with Crippen molar-refractivity contribution in [1.29, 1.82) is 0 Å². The summed E-state index contributed by atoms with van der Waals surface area (Å²) in [6, 6.07) is 15.6. The molecule has 2 aromatic carbocycles. The maximum Gasteiger partial charge on any atom is 0.253 e. The summed E-state index contributed by atoms with van der Waals surface area (Å²) >= 11 is 16.4. The summed E-state index contributed by atoms with van der Waals surface area (Å²) in [5.41, 5.74) is 7.54. The quantitative estimate of drug-likeness (QED) is 0.740. The van der Waals surface area contributed by atoms with Crippen LogP contribution in [-0.2, 0) is 6.54 Å². The fraction of sp³-hybridized carbons (Fsp3) is 0.316. The molecule has 0 amide bonds. The lowest BCUT2D eigenvalue weighted by atomic mass is 10.1. The standard InChI is InChI=1S/C12H18N2.C7H3Cl3O/c13-12-6-8-14(9-7-12)10-11-4-2-1-3-5-11;8-4-1-2-5(7(10)11)6(9)3-4/h1-5,12H,6-10,13H2;1-3H. The zero-order valence-corrected chi connectivity index (χ0v) is 16.1. The van der Waals surface area contributed by atoms with Crippen molar-refractivity contribution < 1.29 is 4.79 Å². The smallest absolute Gasteiger partial charge is 0.253 e. The maximum absolute atomic E-state index is 10.6. The van der Waals surface area contributed by atoms with Crippen LogP contribution in [0.25, 0.3) is 0 Å². The van der Waals surface area contributed by atoms with Crippen LogP contribution in [0.3, 0.4) is 0 Å². The largest absolute Gasteiger partial charge is 0.328 e. The summed E-state index contributed by atoms with van der Waals surface area (Å²) in [7, 11) is 0. The van der Waals surface area contributed by atoms with Crippen molar-refractivity contribution in [2.24, 2.45) is 5.73 Å². The average molecular weight is 400 g/mol. The molecule has 3 rings (SSSR count).